The van der Waals surface area contributed by atoms with Crippen molar-refractivity contribution in [3.63, 3.8) is 0 Å². The molecule has 1 atom stereocenters. The van der Waals surface area contributed by atoms with E-state index in [0.717, 1.165) is 43.0 Å². The van der Waals surface area contributed by atoms with Gasteiger partial charge in [-0.3, -0.25) is 4.79 Å². The van der Waals surface area contributed by atoms with E-state index in [0.29, 0.717) is 25.2 Å². The van der Waals surface area contributed by atoms with E-state index in [1.165, 1.54) is 10.3 Å². The minimum Gasteiger partial charge on any atom is -0.345 e. The van der Waals surface area contributed by atoms with E-state index in [2.05, 4.69) is 30.0 Å². The predicted molar refractivity (Wildman–Crippen MR) is 136 cm³/mol. The molecule has 2 saturated heterocycles. The van der Waals surface area contributed by atoms with Crippen LogP contribution >= 0.6 is 11.3 Å². The molecule has 0 aliphatic carbocycles. The number of piperidine rings is 1. The van der Waals surface area contributed by atoms with Crippen molar-refractivity contribution in [3.05, 3.63) is 53.6 Å². The van der Waals surface area contributed by atoms with Gasteiger partial charge in [-0.25, -0.2) is 13.4 Å². The van der Waals surface area contributed by atoms with Gasteiger partial charge in [-0.2, -0.15) is 4.31 Å². The number of benzene rings is 2. The van der Waals surface area contributed by atoms with Gasteiger partial charge in [-0.1, -0.05) is 29.9 Å². The summed E-state index contributed by atoms with van der Waals surface area (Å²) in [5, 5.41) is 0.998. The number of piperazine rings is 1. The molecule has 34 heavy (non-hydrogen) atoms. The van der Waals surface area contributed by atoms with Gasteiger partial charge in [-0.05, 0) is 62.6 Å². The Hall–Kier alpha value is -2.49. The number of para-hydroxylation sites is 1. The number of aryl methyl sites for hydroxylation is 1. The zero-order chi connectivity index (χ0) is 23.9. The average Bonchev–Trinajstić information content (AvgIpc) is 3.30. The van der Waals surface area contributed by atoms with E-state index in [4.69, 9.17) is 4.98 Å². The van der Waals surface area contributed by atoms with Crippen LogP contribution in [0.5, 0.6) is 0 Å². The first kappa shape index (κ1) is 23.3. The van der Waals surface area contributed by atoms with Crippen LogP contribution in [-0.4, -0.2) is 67.3 Å². The summed E-state index contributed by atoms with van der Waals surface area (Å²) in [6.45, 7) is 7.27. The third kappa shape index (κ3) is 4.32. The maximum atomic E-state index is 13.1. The van der Waals surface area contributed by atoms with Gasteiger partial charge < -0.3 is 9.80 Å². The van der Waals surface area contributed by atoms with Crippen molar-refractivity contribution < 1.29 is 13.2 Å². The van der Waals surface area contributed by atoms with Gasteiger partial charge in [0.25, 0.3) is 5.91 Å². The zero-order valence-corrected chi connectivity index (χ0v) is 21.2. The Kier molecular flexibility index (Phi) is 6.35. The van der Waals surface area contributed by atoms with Crippen LogP contribution in [0.4, 0.5) is 5.13 Å². The standard InChI is InChI=1S/C25H30N4O3S2/c1-18-6-5-8-22-23(18)26-25(33-22)28-16-14-27(15-17-28)24(30)20-9-11-21(12-10-20)34(31,32)29-13-4-3-7-19(29)2/h5-6,8-12,19H,3-4,7,13-17H2,1-2H3. The second-order valence-corrected chi connectivity index (χ2v) is 12.1. The maximum absolute atomic E-state index is 13.1. The molecule has 180 valence electrons. The first-order chi connectivity index (χ1) is 16.3. The molecule has 0 radical (unpaired) electrons. The van der Waals surface area contributed by atoms with Crippen molar-refractivity contribution in [2.75, 3.05) is 37.6 Å². The Morgan fingerprint density at radius 2 is 1.74 bits per heavy atom. The molecule has 1 amide bonds. The Balaban J connectivity index is 1.24. The molecule has 1 unspecified atom stereocenters. The summed E-state index contributed by atoms with van der Waals surface area (Å²) in [7, 11) is -3.53. The Morgan fingerprint density at radius 3 is 2.41 bits per heavy atom. The molecule has 0 saturated carbocycles. The number of carbonyl (C=O) groups is 1. The van der Waals surface area contributed by atoms with Crippen LogP contribution in [0, 0.1) is 6.92 Å². The van der Waals surface area contributed by atoms with Gasteiger partial charge in [0, 0.05) is 44.3 Å². The van der Waals surface area contributed by atoms with Gasteiger partial charge >= 0.3 is 0 Å². The Bertz CT molecular complexity index is 1300. The Labute approximate surface area is 205 Å². The van der Waals surface area contributed by atoms with Crippen molar-refractivity contribution in [2.24, 2.45) is 0 Å². The van der Waals surface area contributed by atoms with Crippen LogP contribution in [0.15, 0.2) is 47.4 Å². The summed E-state index contributed by atoms with van der Waals surface area (Å²) in [4.78, 5) is 22.2. The Morgan fingerprint density at radius 1 is 1.00 bits per heavy atom. The summed E-state index contributed by atoms with van der Waals surface area (Å²) >= 11 is 1.69. The lowest BCUT2D eigenvalue weighted by Gasteiger charge is -2.34. The largest absolute Gasteiger partial charge is 0.345 e. The number of hydrogen-bond donors (Lipinski definition) is 0. The summed E-state index contributed by atoms with van der Waals surface area (Å²) in [5.41, 5.74) is 2.75. The minimum absolute atomic E-state index is 0.00990. The second-order valence-electron chi connectivity index (χ2n) is 9.18. The van der Waals surface area contributed by atoms with Gasteiger partial charge in [0.2, 0.25) is 10.0 Å². The molecule has 2 fully saturated rings. The van der Waals surface area contributed by atoms with Crippen molar-refractivity contribution in [3.8, 4) is 0 Å². The van der Waals surface area contributed by atoms with E-state index >= 15 is 0 Å². The molecule has 0 spiro atoms. The minimum atomic E-state index is -3.53. The molecule has 3 heterocycles. The molecule has 2 aliphatic heterocycles. The van der Waals surface area contributed by atoms with E-state index < -0.39 is 10.0 Å². The molecule has 1 aromatic heterocycles. The number of fused-ring (bicyclic) bond motifs is 1. The molecule has 2 aromatic carbocycles. The smallest absolute Gasteiger partial charge is 0.253 e. The van der Waals surface area contributed by atoms with E-state index in [1.807, 2.05) is 11.8 Å². The lowest BCUT2D eigenvalue weighted by Crippen LogP contribution is -2.48. The highest BCUT2D eigenvalue weighted by Crippen LogP contribution is 2.31. The van der Waals surface area contributed by atoms with Crippen LogP contribution < -0.4 is 4.90 Å². The monoisotopic (exact) mass is 498 g/mol. The van der Waals surface area contributed by atoms with Crippen LogP contribution in [-0.2, 0) is 10.0 Å². The molecule has 0 N–H and O–H groups in total. The van der Waals surface area contributed by atoms with Crippen molar-refractivity contribution in [2.45, 2.75) is 44.0 Å². The maximum Gasteiger partial charge on any atom is 0.253 e. The lowest BCUT2D eigenvalue weighted by molar-refractivity contribution is 0.0746. The van der Waals surface area contributed by atoms with Gasteiger partial charge in [0.15, 0.2) is 5.13 Å². The van der Waals surface area contributed by atoms with Crippen molar-refractivity contribution >= 4 is 42.6 Å². The second kappa shape index (κ2) is 9.28. The van der Waals surface area contributed by atoms with Crippen LogP contribution in [0.25, 0.3) is 10.2 Å². The topological polar surface area (TPSA) is 73.8 Å². The van der Waals surface area contributed by atoms with Crippen LogP contribution in [0.1, 0.15) is 42.1 Å². The van der Waals surface area contributed by atoms with E-state index in [9.17, 15) is 13.2 Å². The average molecular weight is 499 g/mol. The van der Waals surface area contributed by atoms with Crippen LogP contribution in [0.2, 0.25) is 0 Å². The van der Waals surface area contributed by atoms with Gasteiger partial charge in [0.1, 0.15) is 0 Å². The summed E-state index contributed by atoms with van der Waals surface area (Å²) < 4.78 is 28.9. The number of rotatable bonds is 4. The first-order valence-corrected chi connectivity index (χ1v) is 14.1. The summed E-state index contributed by atoms with van der Waals surface area (Å²) in [6.07, 6.45) is 2.84. The highest BCUT2D eigenvalue weighted by Gasteiger charge is 2.31. The van der Waals surface area contributed by atoms with E-state index in [-0.39, 0.29) is 16.8 Å². The number of sulfonamides is 1. The molecular weight excluding hydrogens is 468 g/mol. The number of hydrogen-bond acceptors (Lipinski definition) is 6. The molecule has 2 aliphatic rings. The summed E-state index contributed by atoms with van der Waals surface area (Å²) in [6, 6.07) is 12.7. The summed E-state index contributed by atoms with van der Waals surface area (Å²) in [5.74, 6) is -0.0601. The normalized spacial score (nSPS) is 20.1. The number of nitrogens with zero attached hydrogens (tertiary/aromatic N) is 4. The predicted octanol–water partition coefficient (Wildman–Crippen LogP) is 4.13. The highest BCUT2D eigenvalue weighted by molar-refractivity contribution is 7.89. The number of anilines is 1. The SMILES string of the molecule is Cc1cccc2sc(N3CCN(C(=O)c4ccc(S(=O)(=O)N5CCCCC5C)cc4)CC3)nc12. The number of amides is 1. The first-order valence-electron chi connectivity index (χ1n) is 11.9. The van der Waals surface area contributed by atoms with Gasteiger partial charge in [0.05, 0.1) is 15.1 Å². The van der Waals surface area contributed by atoms with Crippen LogP contribution in [0.3, 0.4) is 0 Å². The third-order valence-electron chi connectivity index (χ3n) is 6.90. The quantitative estimate of drug-likeness (QED) is 0.541. The highest BCUT2D eigenvalue weighted by atomic mass is 32.2. The van der Waals surface area contributed by atoms with Crippen molar-refractivity contribution in [1.82, 2.24) is 14.2 Å². The third-order valence-corrected chi connectivity index (χ3v) is 10.0. The fourth-order valence-electron chi connectivity index (χ4n) is 4.83. The molecule has 5 rings (SSSR count). The molecule has 0 bridgehead atoms. The fraction of sp³-hybridized carbons (Fsp3) is 0.440. The molecule has 7 nitrogen and oxygen atoms in total. The number of thiazole rings is 1. The lowest BCUT2D eigenvalue weighted by atomic mass is 10.1. The molecule has 9 heteroatoms. The van der Waals surface area contributed by atoms with Crippen molar-refractivity contribution in [1.29, 1.82) is 0 Å². The zero-order valence-electron chi connectivity index (χ0n) is 19.6. The molecular formula is C25H30N4O3S2. The van der Waals surface area contributed by atoms with E-state index in [1.54, 1.807) is 39.9 Å². The number of aromatic nitrogens is 1. The molecule has 3 aromatic rings. The number of carbonyl (C=O) groups excluding carboxylic acids is 1. The fourth-order valence-corrected chi connectivity index (χ4v) is 7.62. The van der Waals surface area contributed by atoms with Gasteiger partial charge in [-0.15, -0.1) is 0 Å².